The fourth-order valence-corrected chi connectivity index (χ4v) is 2.74. The third-order valence-electron chi connectivity index (χ3n) is 3.52. The molecule has 2 amide bonds. The van der Waals surface area contributed by atoms with Crippen LogP contribution in [0.5, 0.6) is 0 Å². The Morgan fingerprint density at radius 1 is 0.882 bits per heavy atom. The molecule has 1 aliphatic carbocycles. The van der Waals surface area contributed by atoms with Crippen molar-refractivity contribution in [2.24, 2.45) is 0 Å². The number of amides is 2. The highest BCUT2D eigenvalue weighted by Crippen LogP contribution is 2.30. The molecule has 0 aromatic heterocycles. The molecule has 1 saturated heterocycles. The highest BCUT2D eigenvalue weighted by atomic mass is 16.7. The number of fused-ring (bicyclic) bond motifs is 1. The predicted molar refractivity (Wildman–Crippen MR) is 58.4 cm³/mol. The summed E-state index contributed by atoms with van der Waals surface area (Å²) in [4.78, 5) is 33.8. The van der Waals surface area contributed by atoms with Gasteiger partial charge in [0.15, 0.2) is 0 Å². The highest BCUT2D eigenvalue weighted by molar-refractivity contribution is 6.35. The number of rotatable bonds is 2. The minimum Gasteiger partial charge on any atom is -0.274 e. The molecule has 2 atom stereocenters. The van der Waals surface area contributed by atoms with Crippen LogP contribution in [0.25, 0.3) is 0 Å². The first-order valence-electron chi connectivity index (χ1n) is 5.95. The fourth-order valence-electron chi connectivity index (χ4n) is 2.74. The normalized spacial score (nSPS) is 30.2. The topological polar surface area (TPSA) is 59.1 Å². The van der Waals surface area contributed by atoms with Crippen molar-refractivity contribution < 1.29 is 19.3 Å². The van der Waals surface area contributed by atoms with E-state index in [-0.39, 0.29) is 12.1 Å². The first-order valence-corrected chi connectivity index (χ1v) is 5.95. The van der Waals surface area contributed by atoms with E-state index in [1.807, 2.05) is 0 Å². The number of piperazine rings is 1. The van der Waals surface area contributed by atoms with Crippen LogP contribution in [0.3, 0.4) is 0 Å². The summed E-state index contributed by atoms with van der Waals surface area (Å²) in [5.74, 6) is -1.28. The van der Waals surface area contributed by atoms with Crippen LogP contribution in [0.1, 0.15) is 32.1 Å². The lowest BCUT2D eigenvalue weighted by Gasteiger charge is -2.43. The monoisotopic (exact) mass is 242 g/mol. The summed E-state index contributed by atoms with van der Waals surface area (Å²) in [6, 6.07) is -0.180. The van der Waals surface area contributed by atoms with Crippen LogP contribution >= 0.6 is 0 Å². The van der Waals surface area contributed by atoms with Gasteiger partial charge in [-0.2, -0.15) is 0 Å². The number of hydroxylamine groups is 4. The van der Waals surface area contributed by atoms with Gasteiger partial charge in [0.25, 0.3) is 0 Å². The van der Waals surface area contributed by atoms with Crippen LogP contribution < -0.4 is 0 Å². The second-order valence-corrected chi connectivity index (χ2v) is 4.40. The van der Waals surface area contributed by atoms with Crippen LogP contribution in [0, 0.1) is 0 Å². The molecule has 2 aliphatic rings. The van der Waals surface area contributed by atoms with Crippen molar-refractivity contribution in [3.05, 3.63) is 0 Å². The number of carbonyl (C=O) groups is 2. The predicted octanol–water partition coefficient (Wildman–Crippen LogP) is 0.481. The van der Waals surface area contributed by atoms with Crippen molar-refractivity contribution in [2.75, 3.05) is 14.2 Å². The average molecular weight is 242 g/mol. The zero-order valence-corrected chi connectivity index (χ0v) is 10.2. The SMILES string of the molecule is CON1C(=O)C(=O)N(OC)[C@@H]2CCCCC[C@H]21. The first kappa shape index (κ1) is 12.3. The van der Waals surface area contributed by atoms with Gasteiger partial charge in [0.2, 0.25) is 0 Å². The minimum atomic E-state index is -0.641. The zero-order chi connectivity index (χ0) is 12.4. The van der Waals surface area contributed by atoms with Gasteiger partial charge in [-0.15, -0.1) is 0 Å². The molecule has 0 spiro atoms. The fraction of sp³-hybridized carbons (Fsp3) is 0.818. The maximum Gasteiger partial charge on any atom is 0.338 e. The zero-order valence-electron chi connectivity index (χ0n) is 10.2. The van der Waals surface area contributed by atoms with E-state index in [0.717, 1.165) is 32.1 Å². The summed E-state index contributed by atoms with van der Waals surface area (Å²) >= 11 is 0. The van der Waals surface area contributed by atoms with Crippen molar-refractivity contribution >= 4 is 11.8 Å². The van der Waals surface area contributed by atoms with Gasteiger partial charge in [0.05, 0.1) is 26.3 Å². The van der Waals surface area contributed by atoms with E-state index in [4.69, 9.17) is 9.68 Å². The van der Waals surface area contributed by atoms with E-state index < -0.39 is 11.8 Å². The van der Waals surface area contributed by atoms with E-state index in [0.29, 0.717) is 0 Å². The van der Waals surface area contributed by atoms with Crippen molar-refractivity contribution in [3.63, 3.8) is 0 Å². The molecule has 0 unspecified atom stereocenters. The summed E-state index contributed by atoms with van der Waals surface area (Å²) in [7, 11) is 2.85. The van der Waals surface area contributed by atoms with Crippen LogP contribution in [0.4, 0.5) is 0 Å². The lowest BCUT2D eigenvalue weighted by molar-refractivity contribution is -0.248. The molecule has 1 aliphatic heterocycles. The Kier molecular flexibility index (Phi) is 3.63. The van der Waals surface area contributed by atoms with Gasteiger partial charge < -0.3 is 0 Å². The quantitative estimate of drug-likeness (QED) is 0.661. The van der Waals surface area contributed by atoms with Crippen molar-refractivity contribution in [2.45, 2.75) is 44.2 Å². The van der Waals surface area contributed by atoms with Gasteiger partial charge in [-0.25, -0.2) is 10.1 Å². The smallest absolute Gasteiger partial charge is 0.274 e. The largest absolute Gasteiger partial charge is 0.338 e. The molecule has 6 nitrogen and oxygen atoms in total. The molecule has 96 valence electrons. The van der Waals surface area contributed by atoms with E-state index in [1.54, 1.807) is 0 Å². The summed E-state index contributed by atoms with van der Waals surface area (Å²) in [5, 5.41) is 2.43. The molecule has 1 heterocycles. The van der Waals surface area contributed by atoms with Gasteiger partial charge >= 0.3 is 11.8 Å². The lowest BCUT2D eigenvalue weighted by atomic mass is 9.99. The second kappa shape index (κ2) is 5.01. The van der Waals surface area contributed by atoms with Gasteiger partial charge in [-0.05, 0) is 12.8 Å². The average Bonchev–Trinajstić information content (AvgIpc) is 2.57. The van der Waals surface area contributed by atoms with Gasteiger partial charge in [0, 0.05) is 0 Å². The van der Waals surface area contributed by atoms with E-state index in [1.165, 1.54) is 24.3 Å². The number of hydrogen-bond acceptors (Lipinski definition) is 4. The second-order valence-electron chi connectivity index (χ2n) is 4.40. The van der Waals surface area contributed by atoms with E-state index in [9.17, 15) is 9.59 Å². The Hall–Kier alpha value is -1.14. The van der Waals surface area contributed by atoms with Crippen molar-refractivity contribution in [1.82, 2.24) is 10.1 Å². The van der Waals surface area contributed by atoms with Gasteiger partial charge in [0.1, 0.15) is 0 Å². The lowest BCUT2D eigenvalue weighted by Crippen LogP contribution is -2.63. The molecule has 0 bridgehead atoms. The molecule has 0 radical (unpaired) electrons. The van der Waals surface area contributed by atoms with Gasteiger partial charge in [-0.1, -0.05) is 19.3 Å². The Bertz CT molecular complexity index is 291. The van der Waals surface area contributed by atoms with Crippen LogP contribution in [-0.2, 0) is 19.3 Å². The third kappa shape index (κ3) is 2.02. The Morgan fingerprint density at radius 2 is 1.29 bits per heavy atom. The standard InChI is InChI=1S/C11H18N2O4/c1-16-12-8-6-4-3-5-7-9(8)13(17-2)11(15)10(12)14/h8-9H,3-7H2,1-2H3/t8-,9-/m1/s1. The molecule has 0 N–H and O–H groups in total. The maximum absolute atomic E-state index is 11.8. The maximum atomic E-state index is 11.8. The van der Waals surface area contributed by atoms with Crippen molar-refractivity contribution in [1.29, 1.82) is 0 Å². The minimum absolute atomic E-state index is 0.0901. The molecular formula is C11H18N2O4. The summed E-state index contributed by atoms with van der Waals surface area (Å²) in [6.07, 6.45) is 4.89. The number of nitrogens with zero attached hydrogens (tertiary/aromatic N) is 2. The molecule has 2 rings (SSSR count). The molecule has 6 heteroatoms. The molecular weight excluding hydrogens is 224 g/mol. The van der Waals surface area contributed by atoms with Crippen LogP contribution in [0.2, 0.25) is 0 Å². The van der Waals surface area contributed by atoms with Crippen LogP contribution in [-0.4, -0.2) is 48.2 Å². The summed E-state index contributed by atoms with van der Waals surface area (Å²) in [6.45, 7) is 0. The number of hydrogen-bond donors (Lipinski definition) is 0. The van der Waals surface area contributed by atoms with Crippen molar-refractivity contribution in [3.8, 4) is 0 Å². The Labute approximate surface area is 100 Å². The Balaban J connectivity index is 2.29. The first-order chi connectivity index (χ1) is 8.20. The summed E-state index contributed by atoms with van der Waals surface area (Å²) < 4.78 is 0. The molecule has 1 saturated carbocycles. The van der Waals surface area contributed by atoms with E-state index in [2.05, 4.69) is 0 Å². The highest BCUT2D eigenvalue weighted by Gasteiger charge is 2.47. The Morgan fingerprint density at radius 3 is 1.65 bits per heavy atom. The molecule has 17 heavy (non-hydrogen) atoms. The molecule has 0 aromatic carbocycles. The third-order valence-corrected chi connectivity index (χ3v) is 3.52. The van der Waals surface area contributed by atoms with Crippen LogP contribution in [0.15, 0.2) is 0 Å². The summed E-state index contributed by atoms with van der Waals surface area (Å²) in [5.41, 5.74) is 0. The number of carbonyl (C=O) groups excluding carboxylic acids is 2. The van der Waals surface area contributed by atoms with Gasteiger partial charge in [-0.3, -0.25) is 19.3 Å². The molecule has 2 fully saturated rings. The van der Waals surface area contributed by atoms with E-state index >= 15 is 0 Å². The molecule has 0 aromatic rings.